The maximum Gasteiger partial charge on any atom is 0.287 e. The molecule has 0 unspecified atom stereocenters. The van der Waals surface area contributed by atoms with Crippen LogP contribution in [0.2, 0.25) is 0 Å². The van der Waals surface area contributed by atoms with E-state index in [1.165, 1.54) is 23.3 Å². The molecule has 1 N–H and O–H groups in total. The van der Waals surface area contributed by atoms with Crippen LogP contribution in [0.1, 0.15) is 10.6 Å². The number of sulfonamides is 1. The number of hydrogen-bond donors (Lipinski definition) is 1. The molecule has 2 amide bonds. The molecule has 2 aromatic rings. The summed E-state index contributed by atoms with van der Waals surface area (Å²) in [6, 6.07) is 5.21. The number of nitrogens with one attached hydrogen (secondary N) is 1. The zero-order valence-electron chi connectivity index (χ0n) is 14.6. The number of carbonyl (C=O) groups is 2. The fourth-order valence-corrected chi connectivity index (χ4v) is 4.25. The van der Waals surface area contributed by atoms with Crippen molar-refractivity contribution in [1.29, 1.82) is 0 Å². The summed E-state index contributed by atoms with van der Waals surface area (Å²) in [6.45, 7) is -0.297. The topological polar surface area (TPSA) is 99.9 Å². The van der Waals surface area contributed by atoms with Crippen LogP contribution < -0.4 is 5.32 Å². The van der Waals surface area contributed by atoms with Crippen LogP contribution in [0, 0.1) is 11.6 Å². The monoisotopic (exact) mass is 413 g/mol. The van der Waals surface area contributed by atoms with Crippen molar-refractivity contribution in [3.8, 4) is 0 Å². The molecular weight excluding hydrogens is 396 g/mol. The molecule has 1 saturated heterocycles. The number of furan rings is 1. The fraction of sp³-hybridized carbons (Fsp3) is 0.294. The van der Waals surface area contributed by atoms with Crippen molar-refractivity contribution in [2.75, 3.05) is 32.7 Å². The molecule has 1 aliphatic heterocycles. The van der Waals surface area contributed by atoms with Gasteiger partial charge in [-0.2, -0.15) is 4.31 Å². The number of piperazine rings is 1. The number of carbonyl (C=O) groups excluding carboxylic acids is 2. The molecule has 0 atom stereocenters. The van der Waals surface area contributed by atoms with Gasteiger partial charge in [-0.1, -0.05) is 0 Å². The Balaban J connectivity index is 1.57. The molecule has 8 nitrogen and oxygen atoms in total. The van der Waals surface area contributed by atoms with E-state index >= 15 is 0 Å². The highest BCUT2D eigenvalue weighted by Crippen LogP contribution is 2.21. The van der Waals surface area contributed by atoms with Gasteiger partial charge in [0.1, 0.15) is 16.5 Å². The van der Waals surface area contributed by atoms with Crippen molar-refractivity contribution in [3.63, 3.8) is 0 Å². The van der Waals surface area contributed by atoms with Gasteiger partial charge < -0.3 is 14.6 Å². The predicted molar refractivity (Wildman–Crippen MR) is 92.7 cm³/mol. The Bertz CT molecular complexity index is 971. The summed E-state index contributed by atoms with van der Waals surface area (Å²) in [6.07, 6.45) is 1.33. The van der Waals surface area contributed by atoms with Crippen LogP contribution in [0.5, 0.6) is 0 Å². The second-order valence-electron chi connectivity index (χ2n) is 6.02. The molecule has 150 valence electrons. The lowest BCUT2D eigenvalue weighted by atomic mass is 10.3. The van der Waals surface area contributed by atoms with E-state index in [1.54, 1.807) is 0 Å². The van der Waals surface area contributed by atoms with E-state index in [4.69, 9.17) is 4.42 Å². The van der Waals surface area contributed by atoms with Crippen molar-refractivity contribution in [3.05, 3.63) is 54.0 Å². The fourth-order valence-electron chi connectivity index (χ4n) is 2.75. The number of nitrogens with zero attached hydrogens (tertiary/aromatic N) is 2. The van der Waals surface area contributed by atoms with E-state index < -0.39 is 38.4 Å². The van der Waals surface area contributed by atoms with E-state index in [1.807, 2.05) is 0 Å². The van der Waals surface area contributed by atoms with Crippen LogP contribution >= 0.6 is 0 Å². The summed E-state index contributed by atoms with van der Waals surface area (Å²) >= 11 is 0. The molecule has 1 aromatic heterocycles. The predicted octanol–water partition coefficient (Wildman–Crippen LogP) is 0.821. The van der Waals surface area contributed by atoms with Crippen LogP contribution in [0.15, 0.2) is 45.9 Å². The minimum atomic E-state index is -4.22. The quantitative estimate of drug-likeness (QED) is 0.783. The van der Waals surface area contributed by atoms with Gasteiger partial charge in [0.15, 0.2) is 5.76 Å². The van der Waals surface area contributed by atoms with Gasteiger partial charge >= 0.3 is 0 Å². The molecular formula is C17H17F2N3O5S. The highest BCUT2D eigenvalue weighted by molar-refractivity contribution is 7.89. The summed E-state index contributed by atoms with van der Waals surface area (Å²) in [4.78, 5) is 24.6. The third-order valence-corrected chi connectivity index (χ3v) is 6.16. The lowest BCUT2D eigenvalue weighted by molar-refractivity contribution is -0.131. The number of amides is 2. The highest BCUT2D eigenvalue weighted by Gasteiger charge is 2.32. The van der Waals surface area contributed by atoms with E-state index in [9.17, 15) is 26.8 Å². The average Bonchev–Trinajstić information content (AvgIpc) is 3.22. The van der Waals surface area contributed by atoms with Gasteiger partial charge in [0.2, 0.25) is 15.9 Å². The smallest absolute Gasteiger partial charge is 0.287 e. The molecule has 0 radical (unpaired) electrons. The first-order chi connectivity index (χ1) is 13.3. The minimum absolute atomic E-state index is 0.0611. The van der Waals surface area contributed by atoms with Gasteiger partial charge in [-0.3, -0.25) is 9.59 Å². The SMILES string of the molecule is O=C(NCC(=O)N1CCN(S(=O)(=O)c2cc(F)ccc2F)CC1)c1ccco1. The van der Waals surface area contributed by atoms with Gasteiger partial charge in [-0.25, -0.2) is 17.2 Å². The molecule has 0 aliphatic carbocycles. The van der Waals surface area contributed by atoms with Crippen molar-refractivity contribution in [2.45, 2.75) is 4.90 Å². The van der Waals surface area contributed by atoms with E-state index in [2.05, 4.69) is 5.32 Å². The first kappa shape index (κ1) is 20.0. The zero-order chi connectivity index (χ0) is 20.3. The molecule has 11 heteroatoms. The number of halogens is 2. The maximum atomic E-state index is 13.8. The van der Waals surface area contributed by atoms with Crippen molar-refractivity contribution >= 4 is 21.8 Å². The molecule has 0 bridgehead atoms. The first-order valence-electron chi connectivity index (χ1n) is 8.34. The third-order valence-electron chi connectivity index (χ3n) is 4.25. The Morgan fingerprint density at radius 1 is 1.11 bits per heavy atom. The lowest BCUT2D eigenvalue weighted by Crippen LogP contribution is -2.52. The Morgan fingerprint density at radius 2 is 1.82 bits per heavy atom. The van der Waals surface area contributed by atoms with Gasteiger partial charge in [0, 0.05) is 26.2 Å². The normalized spacial score (nSPS) is 15.4. The molecule has 0 saturated carbocycles. The second-order valence-corrected chi connectivity index (χ2v) is 7.93. The summed E-state index contributed by atoms with van der Waals surface area (Å²) in [5, 5.41) is 2.42. The Labute approximate surface area is 159 Å². The third kappa shape index (κ3) is 4.20. The van der Waals surface area contributed by atoms with Crippen LogP contribution in [0.4, 0.5) is 8.78 Å². The largest absolute Gasteiger partial charge is 0.459 e. The average molecular weight is 413 g/mol. The molecule has 1 aliphatic rings. The van der Waals surface area contributed by atoms with Crippen molar-refractivity contribution in [2.24, 2.45) is 0 Å². The molecule has 1 aromatic carbocycles. The van der Waals surface area contributed by atoms with E-state index in [0.29, 0.717) is 6.07 Å². The second kappa shape index (κ2) is 8.07. The Morgan fingerprint density at radius 3 is 2.46 bits per heavy atom. The summed E-state index contributed by atoms with van der Waals surface area (Å²) in [5.41, 5.74) is 0. The summed E-state index contributed by atoms with van der Waals surface area (Å²) in [7, 11) is -4.22. The molecule has 2 heterocycles. The lowest BCUT2D eigenvalue weighted by Gasteiger charge is -2.34. The van der Waals surface area contributed by atoms with Gasteiger partial charge in [-0.15, -0.1) is 0 Å². The van der Waals surface area contributed by atoms with Gasteiger partial charge in [0.05, 0.1) is 12.8 Å². The zero-order valence-corrected chi connectivity index (χ0v) is 15.4. The molecule has 28 heavy (non-hydrogen) atoms. The highest BCUT2D eigenvalue weighted by atomic mass is 32.2. The standard InChI is InChI=1S/C17H17F2N3O5S/c18-12-3-4-13(19)15(10-12)28(25,26)22-7-5-21(6-8-22)16(23)11-20-17(24)14-2-1-9-27-14/h1-4,9-10H,5-8,11H2,(H,20,24). The van der Waals surface area contributed by atoms with Crippen molar-refractivity contribution < 1.29 is 31.2 Å². The van der Waals surface area contributed by atoms with Crippen LogP contribution in [-0.2, 0) is 14.8 Å². The number of benzene rings is 1. The van der Waals surface area contributed by atoms with Crippen molar-refractivity contribution in [1.82, 2.24) is 14.5 Å². The van der Waals surface area contributed by atoms with E-state index in [0.717, 1.165) is 16.4 Å². The first-order valence-corrected chi connectivity index (χ1v) is 9.78. The molecule has 1 fully saturated rings. The van der Waals surface area contributed by atoms with Crippen LogP contribution in [0.3, 0.4) is 0 Å². The number of hydrogen-bond acceptors (Lipinski definition) is 5. The summed E-state index contributed by atoms with van der Waals surface area (Å²) in [5.74, 6) is -2.77. The summed E-state index contributed by atoms with van der Waals surface area (Å²) < 4.78 is 58.1. The Hall–Kier alpha value is -2.79. The van der Waals surface area contributed by atoms with Gasteiger partial charge in [-0.05, 0) is 30.3 Å². The minimum Gasteiger partial charge on any atom is -0.459 e. The number of rotatable bonds is 5. The van der Waals surface area contributed by atoms with Crippen LogP contribution in [-0.4, -0.2) is 62.2 Å². The van der Waals surface area contributed by atoms with Crippen LogP contribution in [0.25, 0.3) is 0 Å². The van der Waals surface area contributed by atoms with Gasteiger partial charge in [0.25, 0.3) is 5.91 Å². The van der Waals surface area contributed by atoms with E-state index in [-0.39, 0.29) is 38.5 Å². The molecule has 3 rings (SSSR count). The molecule has 0 spiro atoms. The Kier molecular flexibility index (Phi) is 5.75. The maximum absolute atomic E-state index is 13.8.